The van der Waals surface area contributed by atoms with Crippen LogP contribution in [0.15, 0.2) is 29.3 Å². The van der Waals surface area contributed by atoms with Crippen LogP contribution in [-0.2, 0) is 6.42 Å². The fourth-order valence-corrected chi connectivity index (χ4v) is 1.18. The number of hydrogen-bond donors (Lipinski definition) is 1. The number of aromatic nitrogens is 4. The summed E-state index contributed by atoms with van der Waals surface area (Å²) < 4.78 is 1.33. The lowest BCUT2D eigenvalue weighted by Crippen LogP contribution is -2.16. The van der Waals surface area contributed by atoms with Gasteiger partial charge in [-0.3, -0.25) is 9.89 Å². The van der Waals surface area contributed by atoms with Crippen molar-refractivity contribution in [1.29, 1.82) is 0 Å². The molecule has 2 rings (SSSR count). The monoisotopic (exact) mass is 190 g/mol. The van der Waals surface area contributed by atoms with Crippen LogP contribution < -0.4 is 5.56 Å². The quantitative estimate of drug-likeness (QED) is 0.750. The first-order chi connectivity index (χ1) is 6.81. The zero-order chi connectivity index (χ0) is 9.97. The number of rotatable bonds is 2. The van der Waals surface area contributed by atoms with Crippen molar-refractivity contribution in [2.75, 3.05) is 0 Å². The second-order valence-corrected chi connectivity index (χ2v) is 2.86. The number of nitrogens with one attached hydrogen (secondary N) is 1. The summed E-state index contributed by atoms with van der Waals surface area (Å²) in [7, 11) is 0. The molecule has 2 heterocycles. The lowest BCUT2D eigenvalue weighted by Gasteiger charge is -1.97. The van der Waals surface area contributed by atoms with Gasteiger partial charge in [0.2, 0.25) is 0 Å². The van der Waals surface area contributed by atoms with E-state index in [1.807, 2.05) is 6.92 Å². The molecule has 0 saturated heterocycles. The first-order valence-electron chi connectivity index (χ1n) is 4.39. The van der Waals surface area contributed by atoms with E-state index in [2.05, 4.69) is 15.1 Å². The molecule has 0 radical (unpaired) electrons. The summed E-state index contributed by atoms with van der Waals surface area (Å²) in [6.45, 7) is 1.97. The van der Waals surface area contributed by atoms with Crippen LogP contribution in [0.1, 0.15) is 12.6 Å². The minimum atomic E-state index is -0.131. The van der Waals surface area contributed by atoms with Gasteiger partial charge < -0.3 is 0 Å². The molecule has 2 aromatic heterocycles. The molecular weight excluding hydrogens is 180 g/mol. The first kappa shape index (κ1) is 8.68. The third-order valence-electron chi connectivity index (χ3n) is 1.91. The molecule has 72 valence electrons. The summed E-state index contributed by atoms with van der Waals surface area (Å²) >= 11 is 0. The molecule has 5 heteroatoms. The Bertz CT molecular complexity index is 471. The summed E-state index contributed by atoms with van der Waals surface area (Å²) in [4.78, 5) is 19.4. The van der Waals surface area contributed by atoms with E-state index < -0.39 is 0 Å². The topological polar surface area (TPSA) is 63.6 Å². The average Bonchev–Trinajstić information content (AvgIpc) is 2.61. The van der Waals surface area contributed by atoms with Gasteiger partial charge in [0.25, 0.3) is 11.5 Å². The fourth-order valence-electron chi connectivity index (χ4n) is 1.18. The molecule has 0 fully saturated rings. The van der Waals surface area contributed by atoms with Crippen LogP contribution in [0.3, 0.4) is 0 Å². The van der Waals surface area contributed by atoms with Gasteiger partial charge in [-0.25, -0.2) is 9.97 Å². The first-order valence-corrected chi connectivity index (χ1v) is 4.39. The Morgan fingerprint density at radius 3 is 2.71 bits per heavy atom. The Kier molecular flexibility index (Phi) is 2.14. The van der Waals surface area contributed by atoms with Crippen molar-refractivity contribution in [2.45, 2.75) is 13.3 Å². The van der Waals surface area contributed by atoms with Gasteiger partial charge >= 0.3 is 0 Å². The molecule has 0 unspecified atom stereocenters. The number of aryl methyl sites for hydroxylation is 1. The third-order valence-corrected chi connectivity index (χ3v) is 1.91. The Labute approximate surface area is 80.4 Å². The second kappa shape index (κ2) is 3.45. The third kappa shape index (κ3) is 1.44. The van der Waals surface area contributed by atoms with Crippen LogP contribution in [0.25, 0.3) is 5.95 Å². The van der Waals surface area contributed by atoms with Gasteiger partial charge in [-0.15, -0.1) is 0 Å². The zero-order valence-electron chi connectivity index (χ0n) is 7.77. The summed E-state index contributed by atoms with van der Waals surface area (Å²) in [5, 5.41) is 2.93. The molecule has 2 aromatic rings. The maximum atomic E-state index is 11.5. The van der Waals surface area contributed by atoms with Crippen molar-refractivity contribution >= 4 is 0 Å². The summed E-state index contributed by atoms with van der Waals surface area (Å²) in [6, 6.07) is 3.26. The number of nitrogens with zero attached hydrogens (tertiary/aromatic N) is 3. The lowest BCUT2D eigenvalue weighted by atomic mass is 10.3. The molecule has 0 bridgehead atoms. The van der Waals surface area contributed by atoms with Gasteiger partial charge in [0.1, 0.15) is 0 Å². The molecule has 5 nitrogen and oxygen atoms in total. The SMILES string of the molecule is CCc1cc(=O)n(-c2ncccn2)[nH]1. The largest absolute Gasteiger partial charge is 0.292 e. The van der Waals surface area contributed by atoms with Gasteiger partial charge in [-0.1, -0.05) is 6.92 Å². The van der Waals surface area contributed by atoms with Crippen molar-refractivity contribution in [3.8, 4) is 5.95 Å². The van der Waals surface area contributed by atoms with Crippen LogP contribution in [0.5, 0.6) is 0 Å². The molecule has 0 atom stereocenters. The van der Waals surface area contributed by atoms with Crippen molar-refractivity contribution in [3.05, 3.63) is 40.6 Å². The van der Waals surface area contributed by atoms with Gasteiger partial charge in [0.15, 0.2) is 0 Å². The highest BCUT2D eigenvalue weighted by Gasteiger charge is 2.04. The maximum absolute atomic E-state index is 11.5. The van der Waals surface area contributed by atoms with Gasteiger partial charge in [-0.05, 0) is 12.5 Å². The normalized spacial score (nSPS) is 10.4. The molecule has 0 spiro atoms. The van der Waals surface area contributed by atoms with Crippen LogP contribution in [0.2, 0.25) is 0 Å². The van der Waals surface area contributed by atoms with Crippen molar-refractivity contribution in [2.24, 2.45) is 0 Å². The van der Waals surface area contributed by atoms with Gasteiger partial charge in [0, 0.05) is 24.2 Å². The highest BCUT2D eigenvalue weighted by molar-refractivity contribution is 5.11. The van der Waals surface area contributed by atoms with E-state index in [0.29, 0.717) is 5.95 Å². The molecule has 0 aliphatic carbocycles. The van der Waals surface area contributed by atoms with Crippen LogP contribution in [0.4, 0.5) is 0 Å². The minimum Gasteiger partial charge on any atom is -0.292 e. The highest BCUT2D eigenvalue weighted by Crippen LogP contribution is 1.96. The lowest BCUT2D eigenvalue weighted by molar-refractivity contribution is 0.764. The molecule has 0 aliphatic heterocycles. The molecule has 0 aliphatic rings. The smallest absolute Gasteiger partial charge is 0.274 e. The number of hydrogen-bond acceptors (Lipinski definition) is 3. The molecule has 0 saturated carbocycles. The van der Waals surface area contributed by atoms with Crippen LogP contribution >= 0.6 is 0 Å². The molecule has 14 heavy (non-hydrogen) atoms. The van der Waals surface area contributed by atoms with Gasteiger partial charge in [0.05, 0.1) is 0 Å². The van der Waals surface area contributed by atoms with Crippen LogP contribution in [-0.4, -0.2) is 19.7 Å². The minimum absolute atomic E-state index is 0.131. The fraction of sp³-hybridized carbons (Fsp3) is 0.222. The van der Waals surface area contributed by atoms with Crippen molar-refractivity contribution in [1.82, 2.24) is 19.7 Å². The molecule has 0 aromatic carbocycles. The summed E-state index contributed by atoms with van der Waals surface area (Å²) in [5.74, 6) is 0.372. The average molecular weight is 190 g/mol. The zero-order valence-corrected chi connectivity index (χ0v) is 7.77. The molecular formula is C9H10N4O. The predicted molar refractivity (Wildman–Crippen MR) is 51.4 cm³/mol. The predicted octanol–water partition coefficient (Wildman–Crippen LogP) is 0.518. The van der Waals surface area contributed by atoms with E-state index in [9.17, 15) is 4.79 Å². The molecule has 1 N–H and O–H groups in total. The van der Waals surface area contributed by atoms with Gasteiger partial charge in [-0.2, -0.15) is 4.68 Å². The highest BCUT2D eigenvalue weighted by atomic mass is 16.1. The Balaban J connectivity index is 2.52. The van der Waals surface area contributed by atoms with Crippen LogP contribution in [0, 0.1) is 0 Å². The van der Waals surface area contributed by atoms with E-state index in [-0.39, 0.29) is 5.56 Å². The Hall–Kier alpha value is -1.91. The Morgan fingerprint density at radius 2 is 2.14 bits per heavy atom. The van der Waals surface area contributed by atoms with E-state index in [1.54, 1.807) is 24.5 Å². The maximum Gasteiger partial charge on any atom is 0.274 e. The summed E-state index contributed by atoms with van der Waals surface area (Å²) in [5.41, 5.74) is 0.746. The van der Waals surface area contributed by atoms with Crippen molar-refractivity contribution in [3.63, 3.8) is 0 Å². The van der Waals surface area contributed by atoms with E-state index >= 15 is 0 Å². The number of aromatic amines is 1. The van der Waals surface area contributed by atoms with E-state index in [1.165, 1.54) is 4.68 Å². The number of H-pyrrole nitrogens is 1. The molecule has 0 amide bonds. The Morgan fingerprint density at radius 1 is 1.43 bits per heavy atom. The summed E-state index contributed by atoms with van der Waals surface area (Å²) in [6.07, 6.45) is 3.98. The second-order valence-electron chi connectivity index (χ2n) is 2.86. The van der Waals surface area contributed by atoms with Crippen molar-refractivity contribution < 1.29 is 0 Å². The van der Waals surface area contributed by atoms with E-state index in [4.69, 9.17) is 0 Å². The van der Waals surface area contributed by atoms with E-state index in [0.717, 1.165) is 12.1 Å². The standard InChI is InChI=1S/C9H10N4O/c1-2-7-6-8(14)13(12-7)9-10-4-3-5-11-9/h3-6,12H,2H2,1H3.